The number of guanidine groups is 1. The molecule has 28 heavy (non-hydrogen) atoms. The van der Waals surface area contributed by atoms with Gasteiger partial charge in [-0.15, -0.1) is 0 Å². The van der Waals surface area contributed by atoms with E-state index < -0.39 is 15.5 Å². The molecule has 6 nitrogen and oxygen atoms in total. The summed E-state index contributed by atoms with van der Waals surface area (Å²) >= 11 is 0. The van der Waals surface area contributed by atoms with Gasteiger partial charge in [0.15, 0.2) is 5.96 Å². The van der Waals surface area contributed by atoms with E-state index in [1.54, 1.807) is 0 Å². The first-order valence-corrected chi connectivity index (χ1v) is 10.8. The number of anilines is 1. The van der Waals surface area contributed by atoms with Gasteiger partial charge >= 0.3 is 15.5 Å². The van der Waals surface area contributed by atoms with Crippen LogP contribution in [0.3, 0.4) is 0 Å². The molecular formula is C18H27F3N4O2S. The molecule has 0 bridgehead atoms. The van der Waals surface area contributed by atoms with Gasteiger partial charge in [-0.2, -0.15) is 17.5 Å². The average Bonchev–Trinajstić information content (AvgIpc) is 2.66. The number of alkyl halides is 3. The van der Waals surface area contributed by atoms with E-state index in [0.29, 0.717) is 23.7 Å². The van der Waals surface area contributed by atoms with Crippen molar-refractivity contribution >= 4 is 21.7 Å². The molecule has 1 aromatic carbocycles. The topological polar surface area (TPSA) is 87.8 Å². The van der Waals surface area contributed by atoms with Crippen LogP contribution in [0.4, 0.5) is 18.9 Å². The van der Waals surface area contributed by atoms with Gasteiger partial charge in [-0.1, -0.05) is 32.0 Å². The molecule has 0 unspecified atom stereocenters. The zero-order chi connectivity index (χ0) is 20.9. The van der Waals surface area contributed by atoms with Crippen molar-refractivity contribution in [3.05, 3.63) is 29.3 Å². The lowest BCUT2D eigenvalue weighted by Crippen LogP contribution is -2.45. The second kappa shape index (κ2) is 9.13. The third-order valence-electron chi connectivity index (χ3n) is 4.98. The van der Waals surface area contributed by atoms with Crippen LogP contribution in [0.2, 0.25) is 0 Å². The van der Waals surface area contributed by atoms with Crippen LogP contribution in [0.25, 0.3) is 0 Å². The number of halogens is 3. The van der Waals surface area contributed by atoms with Crippen molar-refractivity contribution in [2.24, 2.45) is 16.6 Å². The molecule has 1 heterocycles. The zero-order valence-electron chi connectivity index (χ0n) is 16.1. The summed E-state index contributed by atoms with van der Waals surface area (Å²) in [5.74, 6) is 0.244. The quantitative estimate of drug-likeness (QED) is 0.547. The number of para-hydroxylation sites is 1. The first-order valence-electron chi connectivity index (χ1n) is 9.34. The second-order valence-electron chi connectivity index (χ2n) is 6.80. The lowest BCUT2D eigenvalue weighted by molar-refractivity contribution is -0.0496. The Hall–Kier alpha value is -1.81. The van der Waals surface area contributed by atoms with E-state index in [1.165, 1.54) is 0 Å². The molecular weight excluding hydrogens is 393 g/mol. The monoisotopic (exact) mass is 420 g/mol. The highest BCUT2D eigenvalue weighted by Crippen LogP contribution is 2.30. The molecule has 0 atom stereocenters. The van der Waals surface area contributed by atoms with Gasteiger partial charge in [0.25, 0.3) is 0 Å². The third-order valence-corrected chi connectivity index (χ3v) is 6.61. The van der Waals surface area contributed by atoms with E-state index in [2.05, 4.69) is 24.2 Å². The van der Waals surface area contributed by atoms with Crippen molar-refractivity contribution in [2.45, 2.75) is 45.0 Å². The summed E-state index contributed by atoms with van der Waals surface area (Å²) in [7, 11) is -5.25. The standard InChI is InChI=1S/C18H27F3N4O2S/c1-3-14-6-5-7-15(4-2)16(14)24-17(22)23-12-13-8-10-25(11-9-13)28(26,27)18(19,20)21/h5-7,13H,3-4,8-12H2,1-2H3,(H3,22,23,24). The van der Waals surface area contributed by atoms with Gasteiger partial charge in [0.1, 0.15) is 0 Å². The largest absolute Gasteiger partial charge is 0.511 e. The number of nitrogens with zero attached hydrogens (tertiary/aromatic N) is 2. The minimum absolute atomic E-state index is 0.00732. The van der Waals surface area contributed by atoms with Crippen LogP contribution in [0.1, 0.15) is 37.8 Å². The molecule has 158 valence electrons. The van der Waals surface area contributed by atoms with E-state index >= 15 is 0 Å². The lowest BCUT2D eigenvalue weighted by Gasteiger charge is -2.30. The number of hydrogen-bond donors (Lipinski definition) is 2. The summed E-state index contributed by atoms with van der Waals surface area (Å²) in [4.78, 5) is 4.32. The van der Waals surface area contributed by atoms with Crippen LogP contribution in [-0.4, -0.2) is 43.8 Å². The molecule has 1 aromatic rings. The molecule has 1 saturated heterocycles. The fraction of sp³-hybridized carbons (Fsp3) is 0.611. The summed E-state index contributed by atoms with van der Waals surface area (Å²) < 4.78 is 61.3. The first-order chi connectivity index (χ1) is 13.1. The molecule has 0 aromatic heterocycles. The Labute approximate surface area is 164 Å². The highest BCUT2D eigenvalue weighted by atomic mass is 32.2. The van der Waals surface area contributed by atoms with Crippen molar-refractivity contribution in [2.75, 3.05) is 25.0 Å². The van der Waals surface area contributed by atoms with E-state index in [0.717, 1.165) is 29.7 Å². The van der Waals surface area contributed by atoms with E-state index in [-0.39, 0.29) is 25.0 Å². The SMILES string of the molecule is CCc1cccc(CC)c1NC(N)=NCC1CCN(S(=O)(=O)C(F)(F)F)CC1. The maximum Gasteiger partial charge on any atom is 0.511 e. The van der Waals surface area contributed by atoms with E-state index in [9.17, 15) is 21.6 Å². The van der Waals surface area contributed by atoms with Gasteiger partial charge in [0, 0.05) is 25.3 Å². The van der Waals surface area contributed by atoms with Crippen molar-refractivity contribution < 1.29 is 21.6 Å². The highest BCUT2D eigenvalue weighted by Gasteiger charge is 2.50. The van der Waals surface area contributed by atoms with Gasteiger partial charge in [-0.3, -0.25) is 4.99 Å². The zero-order valence-corrected chi connectivity index (χ0v) is 16.9. The summed E-state index contributed by atoms with van der Waals surface area (Å²) in [5, 5.41) is 3.15. The van der Waals surface area contributed by atoms with E-state index in [4.69, 9.17) is 5.73 Å². The predicted octanol–water partition coefficient (Wildman–Crippen LogP) is 3.10. The molecule has 2 rings (SSSR count). The van der Waals surface area contributed by atoms with Crippen molar-refractivity contribution in [3.63, 3.8) is 0 Å². The van der Waals surface area contributed by atoms with Gasteiger partial charge in [0.05, 0.1) is 0 Å². The number of hydrogen-bond acceptors (Lipinski definition) is 3. The Bertz CT molecular complexity index is 779. The Kier molecular flexibility index (Phi) is 7.33. The Balaban J connectivity index is 1.96. The van der Waals surface area contributed by atoms with Crippen molar-refractivity contribution in [3.8, 4) is 0 Å². The Morgan fingerprint density at radius 2 is 1.75 bits per heavy atom. The molecule has 0 aliphatic carbocycles. The van der Waals surface area contributed by atoms with Crippen LogP contribution in [0.5, 0.6) is 0 Å². The number of aliphatic imine (C=N–C) groups is 1. The summed E-state index contributed by atoms with van der Waals surface area (Å²) in [6, 6.07) is 6.04. The molecule has 3 N–H and O–H groups in total. The third kappa shape index (κ3) is 5.16. The minimum atomic E-state index is -5.25. The summed E-state index contributed by atoms with van der Waals surface area (Å²) in [6.45, 7) is 4.13. The number of nitrogens with one attached hydrogen (secondary N) is 1. The lowest BCUT2D eigenvalue weighted by atomic mass is 9.98. The smallest absolute Gasteiger partial charge is 0.370 e. The molecule has 0 radical (unpaired) electrons. The molecule has 1 fully saturated rings. The molecule has 0 saturated carbocycles. The van der Waals surface area contributed by atoms with Gasteiger partial charge < -0.3 is 11.1 Å². The van der Waals surface area contributed by atoms with Crippen LogP contribution < -0.4 is 11.1 Å². The van der Waals surface area contributed by atoms with Crippen molar-refractivity contribution in [1.29, 1.82) is 0 Å². The maximum absolute atomic E-state index is 12.6. The van der Waals surface area contributed by atoms with Gasteiger partial charge in [-0.05, 0) is 42.7 Å². The first kappa shape index (κ1) is 22.5. The molecule has 1 aliphatic heterocycles. The van der Waals surface area contributed by atoms with Crippen LogP contribution >= 0.6 is 0 Å². The fourth-order valence-electron chi connectivity index (χ4n) is 3.28. The number of rotatable bonds is 6. The molecule has 0 spiro atoms. The molecule has 10 heteroatoms. The number of benzene rings is 1. The second-order valence-corrected chi connectivity index (χ2v) is 8.73. The summed E-state index contributed by atoms with van der Waals surface area (Å²) in [6.07, 6.45) is 2.32. The van der Waals surface area contributed by atoms with E-state index in [1.807, 2.05) is 18.2 Å². The number of sulfonamides is 1. The van der Waals surface area contributed by atoms with Gasteiger partial charge in [0.2, 0.25) is 0 Å². The molecule has 1 aliphatic rings. The number of piperidine rings is 1. The number of nitrogens with two attached hydrogens (primary N) is 1. The highest BCUT2D eigenvalue weighted by molar-refractivity contribution is 7.90. The maximum atomic E-state index is 12.6. The summed E-state index contributed by atoms with van der Waals surface area (Å²) in [5.41, 5.74) is 3.95. The average molecular weight is 421 g/mol. The van der Waals surface area contributed by atoms with Crippen LogP contribution in [0, 0.1) is 5.92 Å². The van der Waals surface area contributed by atoms with Crippen molar-refractivity contribution in [1.82, 2.24) is 4.31 Å². The van der Waals surface area contributed by atoms with Crippen LogP contribution in [0.15, 0.2) is 23.2 Å². The normalized spacial score (nSPS) is 17.7. The Morgan fingerprint density at radius 1 is 1.21 bits per heavy atom. The minimum Gasteiger partial charge on any atom is -0.370 e. The number of aryl methyl sites for hydroxylation is 2. The fourth-order valence-corrected chi connectivity index (χ4v) is 4.26. The van der Waals surface area contributed by atoms with Gasteiger partial charge in [-0.25, -0.2) is 8.42 Å². The van der Waals surface area contributed by atoms with Crippen LogP contribution in [-0.2, 0) is 22.9 Å². The predicted molar refractivity (Wildman–Crippen MR) is 105 cm³/mol. The molecule has 0 amide bonds. The Morgan fingerprint density at radius 3 is 2.21 bits per heavy atom.